The maximum Gasteiger partial charge on any atom is 0.0942 e. The summed E-state index contributed by atoms with van der Waals surface area (Å²) >= 11 is 0. The van der Waals surface area contributed by atoms with Gasteiger partial charge in [0.05, 0.1) is 24.1 Å². The molecule has 0 aliphatic carbocycles. The summed E-state index contributed by atoms with van der Waals surface area (Å²) in [5.41, 5.74) is 2.86. The number of aryl methyl sites for hydroxylation is 1. The predicted molar refractivity (Wildman–Crippen MR) is 69.9 cm³/mol. The monoisotopic (exact) mass is 247 g/mol. The molecular weight excluding hydrogens is 230 g/mol. The van der Waals surface area contributed by atoms with Crippen molar-refractivity contribution in [3.05, 3.63) is 42.2 Å². The van der Waals surface area contributed by atoms with Crippen LogP contribution in [-0.2, 0) is 0 Å². The minimum absolute atomic E-state index is 0.238. The first-order valence-electron chi connectivity index (χ1n) is 5.84. The molecule has 0 radical (unpaired) electrons. The summed E-state index contributed by atoms with van der Waals surface area (Å²) in [6.45, 7) is 2.04. The van der Waals surface area contributed by atoms with Crippen molar-refractivity contribution in [1.29, 1.82) is 0 Å². The molecule has 0 bridgehead atoms. The third kappa shape index (κ3) is 3.09. The maximum atomic E-state index is 9.23. The summed E-state index contributed by atoms with van der Waals surface area (Å²) in [6.07, 6.45) is 1.17. The predicted octanol–water partition coefficient (Wildman–Crippen LogP) is 0.946. The van der Waals surface area contributed by atoms with E-state index < -0.39 is 6.10 Å². The zero-order valence-corrected chi connectivity index (χ0v) is 10.2. The van der Waals surface area contributed by atoms with E-state index in [1.165, 1.54) is 0 Å². The summed E-state index contributed by atoms with van der Waals surface area (Å²) in [7, 11) is 0. The highest BCUT2D eigenvalue weighted by Gasteiger charge is 2.02. The van der Waals surface area contributed by atoms with Crippen LogP contribution in [-0.4, -0.2) is 39.2 Å². The lowest BCUT2D eigenvalue weighted by atomic mass is 10.2. The van der Waals surface area contributed by atoms with Crippen molar-refractivity contribution in [2.75, 3.05) is 18.5 Å². The molecule has 2 aromatic rings. The number of benzene rings is 1. The van der Waals surface area contributed by atoms with E-state index in [1.54, 1.807) is 0 Å². The Kier molecular flexibility index (Phi) is 3.96. The van der Waals surface area contributed by atoms with Gasteiger partial charge >= 0.3 is 0 Å². The van der Waals surface area contributed by atoms with Crippen LogP contribution < -0.4 is 5.32 Å². The average Bonchev–Trinajstić information content (AvgIpc) is 2.83. The van der Waals surface area contributed by atoms with E-state index in [2.05, 4.69) is 10.4 Å². The highest BCUT2D eigenvalue weighted by atomic mass is 16.3. The molecule has 18 heavy (non-hydrogen) atoms. The van der Waals surface area contributed by atoms with Gasteiger partial charge in [0.2, 0.25) is 0 Å². The van der Waals surface area contributed by atoms with Crippen molar-refractivity contribution in [2.45, 2.75) is 13.0 Å². The second kappa shape index (κ2) is 5.66. The molecule has 5 nitrogen and oxygen atoms in total. The van der Waals surface area contributed by atoms with Crippen LogP contribution in [0.5, 0.6) is 0 Å². The van der Waals surface area contributed by atoms with Crippen molar-refractivity contribution in [3.63, 3.8) is 0 Å². The number of anilines is 1. The fourth-order valence-corrected chi connectivity index (χ4v) is 1.59. The lowest BCUT2D eigenvalue weighted by Gasteiger charge is -2.10. The van der Waals surface area contributed by atoms with Crippen LogP contribution in [0.1, 0.15) is 5.69 Å². The SMILES string of the molecule is Cc1ccn(-c2ccc(NCC(O)CO)cc2)n1. The first kappa shape index (κ1) is 12.6. The molecule has 0 aliphatic heterocycles. The number of nitrogens with one attached hydrogen (secondary N) is 1. The molecule has 1 atom stereocenters. The van der Waals surface area contributed by atoms with Gasteiger partial charge in [-0.15, -0.1) is 0 Å². The van der Waals surface area contributed by atoms with E-state index in [1.807, 2.05) is 48.1 Å². The molecule has 0 fully saturated rings. The summed E-state index contributed by atoms with van der Waals surface area (Å²) in [4.78, 5) is 0. The number of aliphatic hydroxyl groups is 2. The van der Waals surface area contributed by atoms with Gasteiger partial charge in [-0.1, -0.05) is 0 Å². The number of hydrogen-bond acceptors (Lipinski definition) is 4. The van der Waals surface area contributed by atoms with Crippen LogP contribution in [0.4, 0.5) is 5.69 Å². The molecule has 2 rings (SSSR count). The minimum atomic E-state index is -0.738. The van der Waals surface area contributed by atoms with Gasteiger partial charge in [0.15, 0.2) is 0 Å². The van der Waals surface area contributed by atoms with Crippen molar-refractivity contribution in [3.8, 4) is 5.69 Å². The van der Waals surface area contributed by atoms with E-state index in [-0.39, 0.29) is 6.61 Å². The fraction of sp³-hybridized carbons (Fsp3) is 0.308. The quantitative estimate of drug-likeness (QED) is 0.735. The maximum absolute atomic E-state index is 9.23. The number of aliphatic hydroxyl groups excluding tert-OH is 2. The lowest BCUT2D eigenvalue weighted by Crippen LogP contribution is -2.22. The summed E-state index contributed by atoms with van der Waals surface area (Å²) in [6, 6.07) is 9.66. The van der Waals surface area contributed by atoms with Crippen LogP contribution in [0.15, 0.2) is 36.5 Å². The highest BCUT2D eigenvalue weighted by Crippen LogP contribution is 2.13. The van der Waals surface area contributed by atoms with Gasteiger partial charge in [-0.05, 0) is 37.3 Å². The molecule has 0 aliphatic rings. The van der Waals surface area contributed by atoms with Crippen molar-refractivity contribution >= 4 is 5.69 Å². The Hall–Kier alpha value is -1.85. The van der Waals surface area contributed by atoms with Gasteiger partial charge in [-0.3, -0.25) is 0 Å². The van der Waals surface area contributed by atoms with Crippen LogP contribution in [0.25, 0.3) is 5.69 Å². The van der Waals surface area contributed by atoms with Crippen molar-refractivity contribution in [2.24, 2.45) is 0 Å². The van der Waals surface area contributed by atoms with Gasteiger partial charge in [0, 0.05) is 18.4 Å². The van der Waals surface area contributed by atoms with E-state index in [4.69, 9.17) is 5.11 Å². The molecule has 1 heterocycles. The molecule has 0 spiro atoms. The minimum Gasteiger partial charge on any atom is -0.394 e. The summed E-state index contributed by atoms with van der Waals surface area (Å²) < 4.78 is 1.81. The zero-order valence-electron chi connectivity index (χ0n) is 10.2. The van der Waals surface area contributed by atoms with E-state index in [0.717, 1.165) is 17.1 Å². The number of aromatic nitrogens is 2. The molecule has 0 saturated carbocycles. The molecular formula is C13H17N3O2. The van der Waals surface area contributed by atoms with E-state index >= 15 is 0 Å². The van der Waals surface area contributed by atoms with E-state index in [9.17, 15) is 5.11 Å². The smallest absolute Gasteiger partial charge is 0.0942 e. The molecule has 1 aromatic heterocycles. The van der Waals surface area contributed by atoms with Gasteiger partial charge in [0.25, 0.3) is 0 Å². The van der Waals surface area contributed by atoms with E-state index in [0.29, 0.717) is 6.54 Å². The van der Waals surface area contributed by atoms with Crippen LogP contribution in [0.3, 0.4) is 0 Å². The van der Waals surface area contributed by atoms with Crippen molar-refractivity contribution in [1.82, 2.24) is 9.78 Å². The zero-order chi connectivity index (χ0) is 13.0. The Labute approximate surface area is 106 Å². The van der Waals surface area contributed by atoms with Gasteiger partial charge in [0.1, 0.15) is 0 Å². The van der Waals surface area contributed by atoms with Crippen LogP contribution in [0.2, 0.25) is 0 Å². The highest BCUT2D eigenvalue weighted by molar-refractivity contribution is 5.48. The topological polar surface area (TPSA) is 70.3 Å². The molecule has 3 N–H and O–H groups in total. The molecule has 96 valence electrons. The number of rotatable bonds is 5. The Morgan fingerprint density at radius 1 is 1.28 bits per heavy atom. The van der Waals surface area contributed by atoms with Crippen LogP contribution in [0, 0.1) is 6.92 Å². The number of nitrogens with zero attached hydrogens (tertiary/aromatic N) is 2. The van der Waals surface area contributed by atoms with Crippen LogP contribution >= 0.6 is 0 Å². The molecule has 5 heteroatoms. The molecule has 0 amide bonds. The largest absolute Gasteiger partial charge is 0.394 e. The normalized spacial score (nSPS) is 12.4. The standard InChI is InChI=1S/C13H17N3O2/c1-10-6-7-16(15-10)12-4-2-11(3-5-12)14-8-13(18)9-17/h2-7,13-14,17-18H,8-9H2,1H3. The third-order valence-corrected chi connectivity index (χ3v) is 2.61. The van der Waals surface area contributed by atoms with Gasteiger partial charge in [-0.2, -0.15) is 5.10 Å². The third-order valence-electron chi connectivity index (χ3n) is 2.61. The Balaban J connectivity index is 2.01. The fourth-order valence-electron chi connectivity index (χ4n) is 1.59. The first-order valence-corrected chi connectivity index (χ1v) is 5.84. The Morgan fingerprint density at radius 2 is 2.00 bits per heavy atom. The van der Waals surface area contributed by atoms with Gasteiger partial charge < -0.3 is 15.5 Å². The second-order valence-corrected chi connectivity index (χ2v) is 4.17. The Morgan fingerprint density at radius 3 is 2.56 bits per heavy atom. The van der Waals surface area contributed by atoms with Crippen molar-refractivity contribution < 1.29 is 10.2 Å². The Bertz CT molecular complexity index is 493. The average molecular weight is 247 g/mol. The number of hydrogen-bond donors (Lipinski definition) is 3. The second-order valence-electron chi connectivity index (χ2n) is 4.17. The molecule has 1 unspecified atom stereocenters. The van der Waals surface area contributed by atoms with Gasteiger partial charge in [-0.25, -0.2) is 4.68 Å². The lowest BCUT2D eigenvalue weighted by molar-refractivity contribution is 0.105. The summed E-state index contributed by atoms with van der Waals surface area (Å²) in [5.74, 6) is 0. The molecule has 1 aromatic carbocycles. The first-order chi connectivity index (χ1) is 8.69. The summed E-state index contributed by atoms with van der Waals surface area (Å²) in [5, 5.41) is 25.3. The molecule has 0 saturated heterocycles.